The number of hydrogen-bond donors (Lipinski definition) is 1. The van der Waals surface area contributed by atoms with Gasteiger partial charge in [0.15, 0.2) is 0 Å². The van der Waals surface area contributed by atoms with Gasteiger partial charge in [-0.1, -0.05) is 6.07 Å². The van der Waals surface area contributed by atoms with E-state index in [0.717, 1.165) is 14.9 Å². The first-order valence-corrected chi connectivity index (χ1v) is 7.53. The second kappa shape index (κ2) is 5.89. The lowest BCUT2D eigenvalue weighted by Gasteiger charge is -2.04. The molecule has 1 aromatic heterocycles. The second-order valence-corrected chi connectivity index (χ2v) is 6.53. The lowest BCUT2D eigenvalue weighted by Crippen LogP contribution is -2.02. The number of hydrogen-bond acceptors (Lipinski definition) is 3. The molecule has 0 fully saturated rings. The number of halogens is 2. The third-order valence-electron chi connectivity index (χ3n) is 2.90. The summed E-state index contributed by atoms with van der Waals surface area (Å²) < 4.78 is 14.6. The van der Waals surface area contributed by atoms with Gasteiger partial charge in [0.25, 0.3) is 0 Å². The van der Waals surface area contributed by atoms with Gasteiger partial charge in [0.2, 0.25) is 0 Å². The fourth-order valence-electron chi connectivity index (χ4n) is 1.92. The topological polar surface area (TPSA) is 61.1 Å². The van der Waals surface area contributed by atoms with E-state index in [9.17, 15) is 14.3 Å². The molecule has 0 saturated carbocycles. The molecule has 0 saturated heterocycles. The number of carboxylic acids is 1. The molecule has 1 N–H and O–H groups in total. The molecule has 0 aliphatic rings. The molecule has 6 heteroatoms. The van der Waals surface area contributed by atoms with Crippen LogP contribution < -0.4 is 0 Å². The van der Waals surface area contributed by atoms with Gasteiger partial charge < -0.3 is 5.11 Å². The van der Waals surface area contributed by atoms with Gasteiger partial charge in [-0.3, -0.25) is 0 Å². The molecular weight excluding hydrogens is 392 g/mol. The van der Waals surface area contributed by atoms with Crippen LogP contribution in [0.3, 0.4) is 0 Å². The normalized spacial score (nSPS) is 10.3. The lowest BCUT2D eigenvalue weighted by atomic mass is 10.0. The Balaban J connectivity index is 2.48. The zero-order chi connectivity index (χ0) is 14.9. The maximum Gasteiger partial charge on any atom is 0.337 e. The van der Waals surface area contributed by atoms with E-state index in [0.29, 0.717) is 20.9 Å². The molecule has 2 aromatic rings. The van der Waals surface area contributed by atoms with E-state index in [2.05, 4.69) is 0 Å². The molecule has 1 aromatic carbocycles. The molecule has 2 rings (SSSR count). The maximum absolute atomic E-state index is 13.8. The van der Waals surface area contributed by atoms with Crippen molar-refractivity contribution in [2.75, 3.05) is 0 Å². The predicted octanol–water partition coefficient (Wildman–Crippen LogP) is 3.96. The summed E-state index contributed by atoms with van der Waals surface area (Å²) >= 11 is 3.12. The molecule has 0 spiro atoms. The summed E-state index contributed by atoms with van der Waals surface area (Å²) in [5.74, 6) is -1.45. The van der Waals surface area contributed by atoms with E-state index in [1.807, 2.05) is 28.7 Å². The average molecular weight is 401 g/mol. The summed E-state index contributed by atoms with van der Waals surface area (Å²) in [6.45, 7) is 1.60. The summed E-state index contributed by atoms with van der Waals surface area (Å²) in [6.07, 6.45) is 0.178. The van der Waals surface area contributed by atoms with Crippen LogP contribution >= 0.6 is 33.9 Å². The van der Waals surface area contributed by atoms with Gasteiger partial charge in [-0.2, -0.15) is 5.26 Å². The third-order valence-corrected chi connectivity index (χ3v) is 4.77. The SMILES string of the molecule is Cc1c(C#N)sc(Cc2ccc(I)cc2F)c1C(=O)O. The van der Waals surface area contributed by atoms with Crippen molar-refractivity contribution in [2.24, 2.45) is 0 Å². The second-order valence-electron chi connectivity index (χ2n) is 4.18. The Hall–Kier alpha value is -1.46. The van der Waals surface area contributed by atoms with Gasteiger partial charge in [0, 0.05) is 14.9 Å². The molecule has 102 valence electrons. The smallest absolute Gasteiger partial charge is 0.337 e. The zero-order valence-corrected chi connectivity index (χ0v) is 13.4. The molecule has 1 heterocycles. The van der Waals surface area contributed by atoms with Crippen molar-refractivity contribution in [1.82, 2.24) is 0 Å². The minimum Gasteiger partial charge on any atom is -0.478 e. The number of carbonyl (C=O) groups is 1. The molecule has 20 heavy (non-hydrogen) atoms. The number of nitrogens with zero attached hydrogens (tertiary/aromatic N) is 1. The number of aromatic carboxylic acids is 1. The van der Waals surface area contributed by atoms with Gasteiger partial charge >= 0.3 is 5.97 Å². The van der Waals surface area contributed by atoms with Gasteiger partial charge in [-0.25, -0.2) is 9.18 Å². The average Bonchev–Trinajstić information content (AvgIpc) is 2.69. The van der Waals surface area contributed by atoms with Gasteiger partial charge in [-0.05, 0) is 52.8 Å². The minimum atomic E-state index is -1.08. The molecule has 0 unspecified atom stereocenters. The zero-order valence-electron chi connectivity index (χ0n) is 10.4. The van der Waals surface area contributed by atoms with E-state index in [4.69, 9.17) is 5.26 Å². The highest BCUT2D eigenvalue weighted by atomic mass is 127. The van der Waals surface area contributed by atoms with Crippen LogP contribution in [0.1, 0.15) is 31.2 Å². The summed E-state index contributed by atoms with van der Waals surface area (Å²) in [5, 5.41) is 18.2. The first kappa shape index (κ1) is 14.9. The Labute approximate surface area is 132 Å². The van der Waals surface area contributed by atoms with Crippen molar-refractivity contribution < 1.29 is 14.3 Å². The fourth-order valence-corrected chi connectivity index (χ4v) is 3.49. The van der Waals surface area contributed by atoms with E-state index in [1.165, 1.54) is 6.07 Å². The van der Waals surface area contributed by atoms with Crippen molar-refractivity contribution in [3.05, 3.63) is 54.0 Å². The van der Waals surface area contributed by atoms with Crippen molar-refractivity contribution in [2.45, 2.75) is 13.3 Å². The molecule has 3 nitrogen and oxygen atoms in total. The summed E-state index contributed by atoms with van der Waals surface area (Å²) in [7, 11) is 0. The largest absolute Gasteiger partial charge is 0.478 e. The van der Waals surface area contributed by atoms with Crippen LogP contribution in [0.5, 0.6) is 0 Å². The third kappa shape index (κ3) is 2.83. The molecule has 0 aliphatic heterocycles. The molecule has 0 bridgehead atoms. The van der Waals surface area contributed by atoms with Gasteiger partial charge in [0.05, 0.1) is 5.56 Å². The molecule has 0 aliphatic carbocycles. The Morgan fingerprint density at radius 2 is 2.25 bits per heavy atom. The van der Waals surface area contributed by atoms with E-state index in [1.54, 1.807) is 19.1 Å². The molecular formula is C14H9FINO2S. The molecule has 0 atom stereocenters. The van der Waals surface area contributed by atoms with Crippen molar-refractivity contribution >= 4 is 39.9 Å². The maximum atomic E-state index is 13.8. The number of benzene rings is 1. The van der Waals surface area contributed by atoms with Crippen LogP contribution in [0, 0.1) is 27.6 Å². The quantitative estimate of drug-likeness (QED) is 0.793. The van der Waals surface area contributed by atoms with Crippen LogP contribution in [0.25, 0.3) is 0 Å². The van der Waals surface area contributed by atoms with Crippen molar-refractivity contribution in [3.8, 4) is 6.07 Å². The van der Waals surface area contributed by atoms with Crippen LogP contribution in [0.2, 0.25) is 0 Å². The van der Waals surface area contributed by atoms with Crippen LogP contribution in [-0.2, 0) is 6.42 Å². The summed E-state index contributed by atoms with van der Waals surface area (Å²) in [6, 6.07) is 6.80. The highest BCUT2D eigenvalue weighted by molar-refractivity contribution is 14.1. The fraction of sp³-hybridized carbons (Fsp3) is 0.143. The first-order valence-electron chi connectivity index (χ1n) is 5.63. The van der Waals surface area contributed by atoms with Crippen LogP contribution in [0.15, 0.2) is 18.2 Å². The number of rotatable bonds is 3. The van der Waals surface area contributed by atoms with Gasteiger partial charge in [-0.15, -0.1) is 11.3 Å². The van der Waals surface area contributed by atoms with Gasteiger partial charge in [0.1, 0.15) is 16.8 Å². The van der Waals surface area contributed by atoms with Crippen molar-refractivity contribution in [1.29, 1.82) is 5.26 Å². The summed E-state index contributed by atoms with van der Waals surface area (Å²) in [5.41, 5.74) is 0.995. The van der Waals surface area contributed by atoms with E-state index < -0.39 is 5.97 Å². The number of thiophene rings is 1. The first-order chi connectivity index (χ1) is 9.43. The Bertz CT molecular complexity index is 734. The highest BCUT2D eigenvalue weighted by Crippen LogP contribution is 2.30. The predicted molar refractivity (Wildman–Crippen MR) is 82.7 cm³/mol. The number of carboxylic acid groups (broad SMARTS) is 1. The van der Waals surface area contributed by atoms with Crippen molar-refractivity contribution in [3.63, 3.8) is 0 Å². The Kier molecular flexibility index (Phi) is 4.40. The lowest BCUT2D eigenvalue weighted by molar-refractivity contribution is 0.0696. The Morgan fingerprint density at radius 3 is 2.80 bits per heavy atom. The Morgan fingerprint density at radius 1 is 1.55 bits per heavy atom. The monoisotopic (exact) mass is 401 g/mol. The number of nitriles is 1. The standard InChI is InChI=1S/C14H9FINO2S/c1-7-12(6-17)20-11(13(7)14(18)19)4-8-2-3-9(16)5-10(8)15/h2-3,5H,4H2,1H3,(H,18,19). The van der Waals surface area contributed by atoms with E-state index >= 15 is 0 Å². The molecule has 0 amide bonds. The van der Waals surface area contributed by atoms with E-state index in [-0.39, 0.29) is 17.8 Å². The summed E-state index contributed by atoms with van der Waals surface area (Å²) in [4.78, 5) is 12.2. The molecule has 0 radical (unpaired) electrons. The minimum absolute atomic E-state index is 0.115. The van der Waals surface area contributed by atoms with Crippen LogP contribution in [0.4, 0.5) is 4.39 Å². The van der Waals surface area contributed by atoms with Crippen LogP contribution in [-0.4, -0.2) is 11.1 Å². The highest BCUT2D eigenvalue weighted by Gasteiger charge is 2.21.